The minimum absolute atomic E-state index is 0.164. The van der Waals surface area contributed by atoms with Crippen molar-refractivity contribution in [3.63, 3.8) is 0 Å². The van der Waals surface area contributed by atoms with E-state index in [9.17, 15) is 0 Å². The molecule has 2 aliphatic rings. The summed E-state index contributed by atoms with van der Waals surface area (Å²) in [6, 6.07) is 5.28. The Balaban J connectivity index is 1.07. The van der Waals surface area contributed by atoms with Gasteiger partial charge in [-0.15, -0.1) is 11.3 Å². The molecule has 1 aromatic carbocycles. The van der Waals surface area contributed by atoms with E-state index in [2.05, 4.69) is 55.3 Å². The molecule has 0 amide bonds. The van der Waals surface area contributed by atoms with Gasteiger partial charge in [-0.3, -0.25) is 5.32 Å². The van der Waals surface area contributed by atoms with Crippen molar-refractivity contribution in [3.05, 3.63) is 59.6 Å². The first kappa shape index (κ1) is 22.9. The summed E-state index contributed by atoms with van der Waals surface area (Å²) in [5.41, 5.74) is 4.80. The normalized spacial score (nSPS) is 17.6. The maximum atomic E-state index is 15.1. The average molecular weight is 533 g/mol. The minimum Gasteiger partial charge on any atom is -0.378 e. The number of aromatic nitrogens is 7. The summed E-state index contributed by atoms with van der Waals surface area (Å²) >= 11 is 1.63. The lowest BCUT2D eigenvalue weighted by molar-refractivity contribution is -0.348. The number of thiazole rings is 1. The summed E-state index contributed by atoms with van der Waals surface area (Å²) < 4.78 is 15.1. The molecule has 6 heterocycles. The second-order valence-electron chi connectivity index (χ2n) is 9.56. The molecule has 1 saturated heterocycles. The maximum absolute atomic E-state index is 15.1. The monoisotopic (exact) mass is 532 g/mol. The summed E-state index contributed by atoms with van der Waals surface area (Å²) in [6.07, 6.45) is 7.86. The van der Waals surface area contributed by atoms with E-state index >= 15 is 4.39 Å². The van der Waals surface area contributed by atoms with E-state index in [1.807, 2.05) is 17.6 Å². The van der Waals surface area contributed by atoms with Gasteiger partial charge in [-0.1, -0.05) is 4.98 Å². The highest BCUT2D eigenvalue weighted by Gasteiger charge is 2.26. The Kier molecular flexibility index (Phi) is 5.76. The third kappa shape index (κ3) is 4.38. The quantitative estimate of drug-likeness (QED) is 0.263. The molecule has 0 saturated carbocycles. The second-order valence-corrected chi connectivity index (χ2v) is 10.4. The zero-order valence-corrected chi connectivity index (χ0v) is 21.4. The number of rotatable bonds is 6. The fraction of sp³-hybridized carbons (Fsp3) is 0.320. The number of halogens is 1. The van der Waals surface area contributed by atoms with Crippen molar-refractivity contribution in [2.75, 3.05) is 46.6 Å². The van der Waals surface area contributed by atoms with Crippen molar-refractivity contribution in [1.82, 2.24) is 29.9 Å². The summed E-state index contributed by atoms with van der Waals surface area (Å²) in [5.74, 6) is 1.07. The van der Waals surface area contributed by atoms with Gasteiger partial charge in [-0.05, 0) is 18.6 Å². The molecule has 2 aliphatic heterocycles. The van der Waals surface area contributed by atoms with Gasteiger partial charge >= 0.3 is 5.95 Å². The summed E-state index contributed by atoms with van der Waals surface area (Å²) in [7, 11) is 0. The molecular formula is C25H27FN11S+. The molecule has 1 fully saturated rings. The van der Waals surface area contributed by atoms with Crippen LogP contribution in [0.2, 0.25) is 0 Å². The van der Waals surface area contributed by atoms with Crippen LogP contribution in [0.25, 0.3) is 11.2 Å². The molecule has 0 radical (unpaired) electrons. The van der Waals surface area contributed by atoms with Gasteiger partial charge in [0, 0.05) is 55.3 Å². The van der Waals surface area contributed by atoms with E-state index in [4.69, 9.17) is 0 Å². The average Bonchev–Trinajstić information content (AvgIpc) is 3.73. The number of hydrogen-bond acceptors (Lipinski definition) is 9. The lowest BCUT2D eigenvalue weighted by Crippen LogP contribution is -2.33. The number of anilines is 5. The van der Waals surface area contributed by atoms with Crippen LogP contribution in [0.15, 0.2) is 42.4 Å². The predicted octanol–water partition coefficient (Wildman–Crippen LogP) is 3.13. The Bertz CT molecular complexity index is 1540. The first-order chi connectivity index (χ1) is 18.7. The molecule has 0 unspecified atom stereocenters. The number of H-pyrrole nitrogens is 3. The molecule has 5 aromatic rings. The first-order valence-electron chi connectivity index (χ1n) is 12.7. The molecule has 0 bridgehead atoms. The Hall–Kier alpha value is -4.26. The van der Waals surface area contributed by atoms with Crippen LogP contribution < -0.4 is 25.4 Å². The predicted molar refractivity (Wildman–Crippen MR) is 145 cm³/mol. The van der Waals surface area contributed by atoms with Crippen LogP contribution >= 0.6 is 11.3 Å². The molecule has 7 rings (SSSR count). The zero-order chi connectivity index (χ0) is 25.5. The molecule has 38 heavy (non-hydrogen) atoms. The highest BCUT2D eigenvalue weighted by molar-refractivity contribution is 7.13. The number of benzene rings is 1. The van der Waals surface area contributed by atoms with Crippen molar-refractivity contribution in [2.24, 2.45) is 0 Å². The molecule has 13 heteroatoms. The van der Waals surface area contributed by atoms with E-state index in [0.717, 1.165) is 67.6 Å². The number of aromatic amines is 3. The summed E-state index contributed by atoms with van der Waals surface area (Å²) in [6.45, 7) is 3.34. The highest BCUT2D eigenvalue weighted by atomic mass is 32.1. The molecule has 1 atom stereocenters. The summed E-state index contributed by atoms with van der Waals surface area (Å²) in [5, 5.41) is 9.58. The maximum Gasteiger partial charge on any atom is 0.351 e. The van der Waals surface area contributed by atoms with E-state index in [0.29, 0.717) is 23.0 Å². The largest absolute Gasteiger partial charge is 0.378 e. The number of nitrogens with one attached hydrogen (secondary N) is 5. The Morgan fingerprint density at radius 3 is 2.87 bits per heavy atom. The van der Waals surface area contributed by atoms with Gasteiger partial charge in [-0.25, -0.2) is 24.3 Å². The van der Waals surface area contributed by atoms with Crippen LogP contribution in [-0.2, 0) is 12.8 Å². The Morgan fingerprint density at radius 2 is 1.97 bits per heavy atom. The zero-order valence-electron chi connectivity index (χ0n) is 20.5. The van der Waals surface area contributed by atoms with Crippen LogP contribution in [0.4, 0.5) is 32.7 Å². The van der Waals surface area contributed by atoms with Crippen LogP contribution in [0.5, 0.6) is 0 Å². The van der Waals surface area contributed by atoms with Gasteiger partial charge in [0.05, 0.1) is 42.8 Å². The molecule has 11 nitrogen and oxygen atoms in total. The van der Waals surface area contributed by atoms with Crippen molar-refractivity contribution in [1.29, 1.82) is 0 Å². The van der Waals surface area contributed by atoms with Gasteiger partial charge in [0.2, 0.25) is 11.5 Å². The third-order valence-electron chi connectivity index (χ3n) is 7.15. The smallest absolute Gasteiger partial charge is 0.351 e. The van der Waals surface area contributed by atoms with E-state index < -0.39 is 0 Å². The van der Waals surface area contributed by atoms with Crippen molar-refractivity contribution >= 4 is 50.8 Å². The standard InChI is InChI=1S/C25H26FN11S/c26-17-11-15(1-2-18(17)32-16-3-7-37(12-16)25-27-6-10-38-25)33-24-34-22-21(30-14-31-22)23(35-24)36-8-4-19-20(5-9-36)29-13-28-19/h1-2,6,10-11,13-14,16,32H,3-5,7-9,12H2,(H,28,29)(H2,30,31,33,34,35)/p+1/t16-/m1/s1. The number of fused-ring (bicyclic) bond motifs is 2. The lowest BCUT2D eigenvalue weighted by atomic mass is 10.2. The van der Waals surface area contributed by atoms with E-state index in [1.54, 1.807) is 30.1 Å². The van der Waals surface area contributed by atoms with E-state index in [1.165, 1.54) is 11.8 Å². The van der Waals surface area contributed by atoms with Crippen LogP contribution in [-0.4, -0.2) is 62.1 Å². The molecule has 0 spiro atoms. The van der Waals surface area contributed by atoms with Crippen molar-refractivity contribution < 1.29 is 9.37 Å². The minimum atomic E-state index is -0.315. The second kappa shape index (κ2) is 9.56. The van der Waals surface area contributed by atoms with Gasteiger partial charge in [0.25, 0.3) is 0 Å². The van der Waals surface area contributed by atoms with Crippen LogP contribution in [0.1, 0.15) is 17.8 Å². The van der Waals surface area contributed by atoms with Gasteiger partial charge in [0.1, 0.15) is 5.82 Å². The van der Waals surface area contributed by atoms with Gasteiger partial charge < -0.3 is 25.1 Å². The number of hydrogen-bond donors (Lipinski definition) is 4. The molecule has 194 valence electrons. The summed E-state index contributed by atoms with van der Waals surface area (Å²) in [4.78, 5) is 32.2. The molecule has 5 N–H and O–H groups in total. The van der Waals surface area contributed by atoms with Crippen LogP contribution in [0.3, 0.4) is 0 Å². The van der Waals surface area contributed by atoms with Crippen molar-refractivity contribution in [2.45, 2.75) is 25.3 Å². The first-order valence-corrected chi connectivity index (χ1v) is 13.6. The third-order valence-corrected chi connectivity index (χ3v) is 7.99. The SMILES string of the molecule is Fc1cc(Nc2nc3nc[nH]c3c(N3CCc4nc[nH]c4CC3)[nH+]2)ccc1N[C@@H]1CCN(c2nccs2)C1. The van der Waals surface area contributed by atoms with Gasteiger partial charge in [-0.2, -0.15) is 0 Å². The fourth-order valence-corrected chi connectivity index (χ4v) is 5.93. The Morgan fingerprint density at radius 1 is 1.05 bits per heavy atom. The van der Waals surface area contributed by atoms with E-state index in [-0.39, 0.29) is 11.9 Å². The highest BCUT2D eigenvalue weighted by Crippen LogP contribution is 2.27. The molecular weight excluding hydrogens is 505 g/mol. The van der Waals surface area contributed by atoms with Crippen molar-refractivity contribution in [3.8, 4) is 0 Å². The van der Waals surface area contributed by atoms with Gasteiger partial charge in [0.15, 0.2) is 10.6 Å². The van der Waals surface area contributed by atoms with Crippen LogP contribution in [0, 0.1) is 5.82 Å². The fourth-order valence-electron chi connectivity index (χ4n) is 5.25. The Labute approximate surface area is 221 Å². The number of nitrogens with zero attached hydrogens (tertiary/aromatic N) is 6. The lowest BCUT2D eigenvalue weighted by Gasteiger charge is -2.18. The topological polar surface area (TPSA) is 128 Å². The molecule has 0 aliphatic carbocycles. The number of imidazole rings is 2. The molecule has 4 aromatic heterocycles.